The second-order valence-corrected chi connectivity index (χ2v) is 7.69. The van der Waals surface area contributed by atoms with Crippen molar-refractivity contribution >= 4 is 33.3 Å². The fourth-order valence-corrected chi connectivity index (χ4v) is 4.38. The van der Waals surface area contributed by atoms with Crippen molar-refractivity contribution in [3.63, 3.8) is 0 Å². The SMILES string of the molecule is CC(=O)Nc1ncc(CN2CCCC(c3cc4cnccc4[nH]3)C2)s1. The van der Waals surface area contributed by atoms with Crippen molar-refractivity contribution in [3.8, 4) is 0 Å². The second-order valence-electron chi connectivity index (χ2n) is 6.57. The highest BCUT2D eigenvalue weighted by Crippen LogP contribution is 2.30. The van der Waals surface area contributed by atoms with Crippen LogP contribution < -0.4 is 5.32 Å². The van der Waals surface area contributed by atoms with Gasteiger partial charge in [0.2, 0.25) is 5.91 Å². The molecule has 0 radical (unpaired) electrons. The first kappa shape index (κ1) is 16.2. The maximum Gasteiger partial charge on any atom is 0.223 e. The van der Waals surface area contributed by atoms with Crippen molar-refractivity contribution < 1.29 is 4.79 Å². The fourth-order valence-electron chi connectivity index (χ4n) is 3.48. The maximum absolute atomic E-state index is 11.1. The van der Waals surface area contributed by atoms with E-state index in [1.807, 2.05) is 24.7 Å². The minimum Gasteiger partial charge on any atom is -0.358 e. The molecule has 0 bridgehead atoms. The van der Waals surface area contributed by atoms with Gasteiger partial charge < -0.3 is 10.3 Å². The van der Waals surface area contributed by atoms with Gasteiger partial charge in [0.05, 0.1) is 0 Å². The number of rotatable bonds is 4. The Morgan fingerprint density at radius 2 is 2.40 bits per heavy atom. The zero-order valence-corrected chi connectivity index (χ0v) is 15.0. The number of fused-ring (bicyclic) bond motifs is 1. The fraction of sp³-hybridized carbons (Fsp3) is 0.389. The number of nitrogens with one attached hydrogen (secondary N) is 2. The van der Waals surface area contributed by atoms with Gasteiger partial charge in [0.25, 0.3) is 0 Å². The molecule has 4 heterocycles. The zero-order valence-electron chi connectivity index (χ0n) is 14.2. The molecule has 0 aromatic carbocycles. The number of piperidine rings is 1. The Bertz CT molecular complexity index is 853. The smallest absolute Gasteiger partial charge is 0.223 e. The van der Waals surface area contributed by atoms with Gasteiger partial charge in [-0.3, -0.25) is 14.7 Å². The number of hydrogen-bond acceptors (Lipinski definition) is 5. The van der Waals surface area contributed by atoms with Crippen LogP contribution in [-0.4, -0.2) is 38.8 Å². The Morgan fingerprint density at radius 3 is 3.24 bits per heavy atom. The number of likely N-dealkylation sites (tertiary alicyclic amines) is 1. The standard InChI is InChI=1S/C18H21N5OS/c1-12(24)21-18-20-9-15(25-18)11-23-6-2-3-13(10-23)17-7-14-8-19-5-4-16(14)22-17/h4-5,7-9,13,22H,2-3,6,10-11H2,1H3,(H,20,21,24). The number of amides is 1. The van der Waals surface area contributed by atoms with Crippen molar-refractivity contribution in [1.82, 2.24) is 19.9 Å². The summed E-state index contributed by atoms with van der Waals surface area (Å²) >= 11 is 1.55. The first-order valence-electron chi connectivity index (χ1n) is 8.54. The Morgan fingerprint density at radius 1 is 1.48 bits per heavy atom. The lowest BCUT2D eigenvalue weighted by Gasteiger charge is -2.31. The third kappa shape index (κ3) is 3.72. The first-order valence-corrected chi connectivity index (χ1v) is 9.36. The van der Waals surface area contributed by atoms with Crippen LogP contribution in [0.25, 0.3) is 10.9 Å². The average molecular weight is 355 g/mol. The molecular weight excluding hydrogens is 334 g/mol. The van der Waals surface area contributed by atoms with E-state index in [-0.39, 0.29) is 5.91 Å². The molecule has 130 valence electrons. The Balaban J connectivity index is 1.43. The van der Waals surface area contributed by atoms with Crippen molar-refractivity contribution in [2.75, 3.05) is 18.4 Å². The zero-order chi connectivity index (χ0) is 17.2. The highest BCUT2D eigenvalue weighted by Gasteiger charge is 2.23. The maximum atomic E-state index is 11.1. The van der Waals surface area contributed by atoms with Crippen LogP contribution in [0.3, 0.4) is 0 Å². The molecule has 1 unspecified atom stereocenters. The second kappa shape index (κ2) is 6.93. The molecule has 3 aromatic heterocycles. The summed E-state index contributed by atoms with van der Waals surface area (Å²) in [5.41, 5.74) is 2.46. The normalized spacial score (nSPS) is 18.5. The monoisotopic (exact) mass is 355 g/mol. The van der Waals surface area contributed by atoms with E-state index in [1.54, 1.807) is 11.3 Å². The lowest BCUT2D eigenvalue weighted by molar-refractivity contribution is -0.114. The van der Waals surface area contributed by atoms with Crippen LogP contribution in [0.4, 0.5) is 5.13 Å². The minimum absolute atomic E-state index is 0.0766. The van der Waals surface area contributed by atoms with E-state index in [0.29, 0.717) is 11.0 Å². The summed E-state index contributed by atoms with van der Waals surface area (Å²) in [6, 6.07) is 4.26. The number of carbonyl (C=O) groups is 1. The average Bonchev–Trinajstić information content (AvgIpc) is 3.21. The van der Waals surface area contributed by atoms with E-state index >= 15 is 0 Å². The van der Waals surface area contributed by atoms with E-state index in [4.69, 9.17) is 0 Å². The Hall–Kier alpha value is -2.25. The lowest BCUT2D eigenvalue weighted by Crippen LogP contribution is -2.33. The van der Waals surface area contributed by atoms with E-state index < -0.39 is 0 Å². The van der Waals surface area contributed by atoms with Gasteiger partial charge in [-0.05, 0) is 31.5 Å². The summed E-state index contributed by atoms with van der Waals surface area (Å²) in [7, 11) is 0. The molecule has 3 aromatic rings. The van der Waals surface area contributed by atoms with Gasteiger partial charge in [0, 0.05) is 66.0 Å². The molecule has 1 atom stereocenters. The number of aromatic amines is 1. The predicted molar refractivity (Wildman–Crippen MR) is 99.8 cm³/mol. The van der Waals surface area contributed by atoms with Crippen LogP contribution >= 0.6 is 11.3 Å². The van der Waals surface area contributed by atoms with E-state index in [1.165, 1.54) is 35.7 Å². The van der Waals surface area contributed by atoms with Gasteiger partial charge >= 0.3 is 0 Å². The van der Waals surface area contributed by atoms with Crippen LogP contribution in [-0.2, 0) is 11.3 Å². The molecule has 1 aliphatic rings. The van der Waals surface area contributed by atoms with Gasteiger partial charge in [-0.15, -0.1) is 11.3 Å². The van der Waals surface area contributed by atoms with Gasteiger partial charge in [-0.25, -0.2) is 4.98 Å². The molecule has 2 N–H and O–H groups in total. The molecule has 1 fully saturated rings. The molecular formula is C18H21N5OS. The van der Waals surface area contributed by atoms with Gasteiger partial charge in [0.15, 0.2) is 5.13 Å². The lowest BCUT2D eigenvalue weighted by atomic mass is 9.95. The van der Waals surface area contributed by atoms with Crippen LogP contribution in [0, 0.1) is 0 Å². The largest absolute Gasteiger partial charge is 0.358 e. The van der Waals surface area contributed by atoms with Gasteiger partial charge in [0.1, 0.15) is 0 Å². The molecule has 0 aliphatic carbocycles. The number of H-pyrrole nitrogens is 1. The predicted octanol–water partition coefficient (Wildman–Crippen LogP) is 3.36. The number of hydrogen-bond donors (Lipinski definition) is 2. The molecule has 1 aliphatic heterocycles. The molecule has 7 heteroatoms. The number of nitrogens with zero attached hydrogens (tertiary/aromatic N) is 3. The number of carbonyl (C=O) groups excluding carboxylic acids is 1. The Labute approximate surface area is 150 Å². The molecule has 25 heavy (non-hydrogen) atoms. The van der Waals surface area contributed by atoms with Crippen LogP contribution in [0.2, 0.25) is 0 Å². The first-order chi connectivity index (χ1) is 12.2. The minimum atomic E-state index is -0.0766. The van der Waals surface area contributed by atoms with Crippen molar-refractivity contribution in [2.45, 2.75) is 32.2 Å². The molecule has 1 amide bonds. The number of pyridine rings is 1. The van der Waals surface area contributed by atoms with Crippen molar-refractivity contribution in [1.29, 1.82) is 0 Å². The van der Waals surface area contributed by atoms with Crippen LogP contribution in [0.5, 0.6) is 0 Å². The summed E-state index contributed by atoms with van der Waals surface area (Å²) in [6.07, 6.45) is 8.00. The summed E-state index contributed by atoms with van der Waals surface area (Å²) in [5.74, 6) is 0.441. The van der Waals surface area contributed by atoms with Gasteiger partial charge in [-0.1, -0.05) is 0 Å². The molecule has 4 rings (SSSR count). The van der Waals surface area contributed by atoms with Crippen molar-refractivity contribution in [2.24, 2.45) is 0 Å². The highest BCUT2D eigenvalue weighted by atomic mass is 32.1. The summed E-state index contributed by atoms with van der Waals surface area (Å²) in [6.45, 7) is 4.53. The van der Waals surface area contributed by atoms with E-state index in [2.05, 4.69) is 31.2 Å². The van der Waals surface area contributed by atoms with Gasteiger partial charge in [-0.2, -0.15) is 0 Å². The highest BCUT2D eigenvalue weighted by molar-refractivity contribution is 7.15. The number of thiazole rings is 1. The third-order valence-electron chi connectivity index (χ3n) is 4.60. The number of aromatic nitrogens is 3. The van der Waals surface area contributed by atoms with Crippen LogP contribution in [0.15, 0.2) is 30.7 Å². The van der Waals surface area contributed by atoms with E-state index in [9.17, 15) is 4.79 Å². The number of anilines is 1. The molecule has 0 saturated carbocycles. The summed E-state index contributed by atoms with van der Waals surface area (Å²) in [4.78, 5) is 26.8. The Kier molecular flexibility index (Phi) is 4.50. The quantitative estimate of drug-likeness (QED) is 0.753. The van der Waals surface area contributed by atoms with E-state index in [0.717, 1.165) is 25.2 Å². The molecule has 0 spiro atoms. The van der Waals surface area contributed by atoms with Crippen LogP contribution in [0.1, 0.15) is 36.3 Å². The molecule has 1 saturated heterocycles. The summed E-state index contributed by atoms with van der Waals surface area (Å²) in [5, 5.41) is 4.61. The third-order valence-corrected chi connectivity index (χ3v) is 5.50. The van der Waals surface area contributed by atoms with Crippen molar-refractivity contribution in [3.05, 3.63) is 41.3 Å². The topological polar surface area (TPSA) is 73.9 Å². The summed E-state index contributed by atoms with van der Waals surface area (Å²) < 4.78 is 0. The molecule has 6 nitrogen and oxygen atoms in total.